The summed E-state index contributed by atoms with van der Waals surface area (Å²) >= 11 is 0. The van der Waals surface area contributed by atoms with E-state index in [1.54, 1.807) is 12.1 Å². The average molecular weight is 206 g/mol. The van der Waals surface area contributed by atoms with E-state index >= 15 is 0 Å². The molecule has 0 radical (unpaired) electrons. The van der Waals surface area contributed by atoms with Crippen molar-refractivity contribution < 1.29 is 14.7 Å². The van der Waals surface area contributed by atoms with Crippen LogP contribution in [-0.4, -0.2) is 22.0 Å². The Hall–Kier alpha value is -2.17. The van der Waals surface area contributed by atoms with Crippen LogP contribution in [0.15, 0.2) is 24.4 Å². The van der Waals surface area contributed by atoms with Crippen molar-refractivity contribution in [2.45, 2.75) is 6.92 Å². The zero-order chi connectivity index (χ0) is 11.3. The SMILES string of the molecule is CC(=O)Nc1cc(/C=C/C(=O)O)ccn1. The third-order valence-corrected chi connectivity index (χ3v) is 1.51. The maximum absolute atomic E-state index is 10.7. The van der Waals surface area contributed by atoms with Gasteiger partial charge >= 0.3 is 5.97 Å². The van der Waals surface area contributed by atoms with Gasteiger partial charge < -0.3 is 10.4 Å². The summed E-state index contributed by atoms with van der Waals surface area (Å²) in [6.07, 6.45) is 3.94. The van der Waals surface area contributed by atoms with Gasteiger partial charge in [-0.2, -0.15) is 0 Å². The number of carbonyl (C=O) groups excluding carboxylic acids is 1. The molecule has 0 aliphatic rings. The molecular formula is C10H10N2O3. The third kappa shape index (κ3) is 4.04. The van der Waals surface area contributed by atoms with Gasteiger partial charge in [-0.25, -0.2) is 9.78 Å². The van der Waals surface area contributed by atoms with E-state index in [0.29, 0.717) is 11.4 Å². The lowest BCUT2D eigenvalue weighted by Gasteiger charge is -2.00. The molecule has 1 rings (SSSR count). The summed E-state index contributed by atoms with van der Waals surface area (Å²) in [6, 6.07) is 3.23. The number of carboxylic acids is 1. The summed E-state index contributed by atoms with van der Waals surface area (Å²) in [7, 11) is 0. The highest BCUT2D eigenvalue weighted by atomic mass is 16.4. The number of pyridine rings is 1. The van der Waals surface area contributed by atoms with Gasteiger partial charge in [0, 0.05) is 19.2 Å². The standard InChI is InChI=1S/C10H10N2O3/c1-7(13)12-9-6-8(4-5-11-9)2-3-10(14)15/h2-6H,1H3,(H,14,15)(H,11,12,13)/b3-2+. The van der Waals surface area contributed by atoms with Gasteiger partial charge in [0.05, 0.1) is 0 Å². The second-order valence-electron chi connectivity index (χ2n) is 2.83. The number of hydrogen-bond donors (Lipinski definition) is 2. The number of amides is 1. The molecule has 0 unspecified atom stereocenters. The van der Waals surface area contributed by atoms with Crippen LogP contribution in [0.1, 0.15) is 12.5 Å². The van der Waals surface area contributed by atoms with Crippen LogP contribution in [0.5, 0.6) is 0 Å². The Morgan fingerprint density at radius 3 is 2.87 bits per heavy atom. The maximum Gasteiger partial charge on any atom is 0.328 e. The lowest BCUT2D eigenvalue weighted by Crippen LogP contribution is -2.07. The lowest BCUT2D eigenvalue weighted by molar-refractivity contribution is -0.131. The monoisotopic (exact) mass is 206 g/mol. The Morgan fingerprint density at radius 2 is 2.27 bits per heavy atom. The number of aromatic nitrogens is 1. The zero-order valence-corrected chi connectivity index (χ0v) is 8.10. The highest BCUT2D eigenvalue weighted by molar-refractivity contribution is 5.88. The molecular weight excluding hydrogens is 196 g/mol. The van der Waals surface area contributed by atoms with Crippen molar-refractivity contribution in [1.82, 2.24) is 4.98 Å². The number of anilines is 1. The van der Waals surface area contributed by atoms with Crippen LogP contribution >= 0.6 is 0 Å². The highest BCUT2D eigenvalue weighted by Crippen LogP contribution is 2.08. The van der Waals surface area contributed by atoms with Gasteiger partial charge in [0.25, 0.3) is 0 Å². The Balaban J connectivity index is 2.82. The number of carbonyl (C=O) groups is 2. The van der Waals surface area contributed by atoms with E-state index in [0.717, 1.165) is 6.08 Å². The molecule has 5 heteroatoms. The lowest BCUT2D eigenvalue weighted by atomic mass is 10.2. The molecule has 1 heterocycles. The van der Waals surface area contributed by atoms with E-state index < -0.39 is 5.97 Å². The van der Waals surface area contributed by atoms with E-state index in [4.69, 9.17) is 5.11 Å². The van der Waals surface area contributed by atoms with Gasteiger partial charge in [-0.15, -0.1) is 0 Å². The molecule has 0 saturated heterocycles. The van der Waals surface area contributed by atoms with Crippen molar-refractivity contribution in [3.63, 3.8) is 0 Å². The molecule has 2 N–H and O–H groups in total. The summed E-state index contributed by atoms with van der Waals surface area (Å²) in [6.45, 7) is 1.38. The van der Waals surface area contributed by atoms with Crippen molar-refractivity contribution in [3.05, 3.63) is 30.0 Å². The third-order valence-electron chi connectivity index (χ3n) is 1.51. The summed E-state index contributed by atoms with van der Waals surface area (Å²) in [4.78, 5) is 24.9. The first-order valence-corrected chi connectivity index (χ1v) is 4.22. The Kier molecular flexibility index (Phi) is 3.56. The predicted molar refractivity (Wildman–Crippen MR) is 55.2 cm³/mol. The number of aliphatic carboxylic acids is 1. The van der Waals surface area contributed by atoms with Gasteiger partial charge in [0.2, 0.25) is 5.91 Å². The number of nitrogens with one attached hydrogen (secondary N) is 1. The Labute approximate surface area is 86.5 Å². The molecule has 5 nitrogen and oxygen atoms in total. The van der Waals surface area contributed by atoms with E-state index in [-0.39, 0.29) is 5.91 Å². The first kappa shape index (κ1) is 10.9. The van der Waals surface area contributed by atoms with Crippen LogP contribution in [0.25, 0.3) is 6.08 Å². The first-order chi connectivity index (χ1) is 7.08. The zero-order valence-electron chi connectivity index (χ0n) is 8.10. The molecule has 15 heavy (non-hydrogen) atoms. The molecule has 0 spiro atoms. The van der Waals surface area contributed by atoms with Crippen LogP contribution in [0.2, 0.25) is 0 Å². The van der Waals surface area contributed by atoms with Gasteiger partial charge in [-0.05, 0) is 23.8 Å². The molecule has 1 amide bonds. The fraction of sp³-hybridized carbons (Fsp3) is 0.100. The first-order valence-electron chi connectivity index (χ1n) is 4.22. The summed E-state index contributed by atoms with van der Waals surface area (Å²) < 4.78 is 0. The number of carboxylic acid groups (broad SMARTS) is 1. The fourth-order valence-electron chi connectivity index (χ4n) is 0.967. The minimum Gasteiger partial charge on any atom is -0.478 e. The van der Waals surface area contributed by atoms with E-state index in [1.165, 1.54) is 19.2 Å². The molecule has 1 aromatic rings. The predicted octanol–water partition coefficient (Wildman–Crippen LogP) is 1.14. The average Bonchev–Trinajstić information content (AvgIpc) is 2.14. The van der Waals surface area contributed by atoms with E-state index in [1.807, 2.05) is 0 Å². The van der Waals surface area contributed by atoms with Crippen LogP contribution in [0, 0.1) is 0 Å². The minimum absolute atomic E-state index is 0.220. The molecule has 0 aromatic carbocycles. The van der Waals surface area contributed by atoms with Crippen LogP contribution in [-0.2, 0) is 9.59 Å². The van der Waals surface area contributed by atoms with Crippen molar-refractivity contribution >= 4 is 23.8 Å². The number of nitrogens with zero attached hydrogens (tertiary/aromatic N) is 1. The van der Waals surface area contributed by atoms with Crippen LogP contribution in [0.3, 0.4) is 0 Å². The summed E-state index contributed by atoms with van der Waals surface area (Å²) in [5.41, 5.74) is 0.663. The molecule has 0 atom stereocenters. The minimum atomic E-state index is -1.02. The molecule has 78 valence electrons. The largest absolute Gasteiger partial charge is 0.478 e. The second kappa shape index (κ2) is 4.90. The summed E-state index contributed by atoms with van der Waals surface area (Å²) in [5, 5.41) is 10.9. The second-order valence-corrected chi connectivity index (χ2v) is 2.83. The van der Waals surface area contributed by atoms with Crippen LogP contribution < -0.4 is 5.32 Å². The molecule has 0 saturated carbocycles. The quantitative estimate of drug-likeness (QED) is 0.727. The van der Waals surface area contributed by atoms with E-state index in [9.17, 15) is 9.59 Å². The molecule has 0 aliphatic heterocycles. The van der Waals surface area contributed by atoms with Crippen molar-refractivity contribution in [2.75, 3.05) is 5.32 Å². The molecule has 0 bridgehead atoms. The van der Waals surface area contributed by atoms with Crippen molar-refractivity contribution in [1.29, 1.82) is 0 Å². The van der Waals surface area contributed by atoms with Gasteiger partial charge in [0.1, 0.15) is 5.82 Å². The van der Waals surface area contributed by atoms with Crippen LogP contribution in [0.4, 0.5) is 5.82 Å². The summed E-state index contributed by atoms with van der Waals surface area (Å²) in [5.74, 6) is -0.843. The van der Waals surface area contributed by atoms with Crippen molar-refractivity contribution in [3.8, 4) is 0 Å². The molecule has 1 aromatic heterocycles. The smallest absolute Gasteiger partial charge is 0.328 e. The topological polar surface area (TPSA) is 79.3 Å². The Bertz CT molecular complexity index is 413. The normalized spacial score (nSPS) is 10.2. The van der Waals surface area contributed by atoms with Gasteiger partial charge in [-0.1, -0.05) is 0 Å². The molecule has 0 aliphatic carbocycles. The Morgan fingerprint density at radius 1 is 1.53 bits per heavy atom. The highest BCUT2D eigenvalue weighted by Gasteiger charge is 1.97. The van der Waals surface area contributed by atoms with Gasteiger partial charge in [-0.3, -0.25) is 4.79 Å². The molecule has 0 fully saturated rings. The maximum atomic E-state index is 10.7. The fourth-order valence-corrected chi connectivity index (χ4v) is 0.967. The number of rotatable bonds is 3. The number of hydrogen-bond acceptors (Lipinski definition) is 3. The van der Waals surface area contributed by atoms with Gasteiger partial charge in [0.15, 0.2) is 0 Å². The van der Waals surface area contributed by atoms with Crippen molar-refractivity contribution in [2.24, 2.45) is 0 Å². The van der Waals surface area contributed by atoms with E-state index in [2.05, 4.69) is 10.3 Å².